The number of nitrogens with one attached hydrogen (secondary N) is 1. The van der Waals surface area contributed by atoms with Crippen LogP contribution in [0.1, 0.15) is 11.1 Å². The van der Waals surface area contributed by atoms with Crippen LogP contribution in [0.2, 0.25) is 5.02 Å². The van der Waals surface area contributed by atoms with Crippen LogP contribution in [-0.4, -0.2) is 18.7 Å². The molecule has 160 valence electrons. The number of amides is 1. The maximum atomic E-state index is 11.9. The second-order valence-electron chi connectivity index (χ2n) is 7.01. The predicted octanol–water partition coefficient (Wildman–Crippen LogP) is 5.60. The fourth-order valence-corrected chi connectivity index (χ4v) is 3.34. The van der Waals surface area contributed by atoms with Crippen LogP contribution in [0.4, 0.5) is 0 Å². The number of carbonyl (C=O) groups is 1. The van der Waals surface area contributed by atoms with Gasteiger partial charge in [0.2, 0.25) is 0 Å². The molecule has 6 heteroatoms. The van der Waals surface area contributed by atoms with E-state index in [-0.39, 0.29) is 12.5 Å². The van der Waals surface area contributed by atoms with Crippen molar-refractivity contribution in [2.24, 2.45) is 5.10 Å². The van der Waals surface area contributed by atoms with Crippen LogP contribution in [0.3, 0.4) is 0 Å². The molecule has 5 nitrogen and oxygen atoms in total. The quantitative estimate of drug-likeness (QED) is 0.284. The molecule has 0 saturated carbocycles. The van der Waals surface area contributed by atoms with Crippen molar-refractivity contribution in [3.63, 3.8) is 0 Å². The summed E-state index contributed by atoms with van der Waals surface area (Å²) in [6.45, 7) is 0.304. The molecule has 0 aliphatic heterocycles. The summed E-state index contributed by atoms with van der Waals surface area (Å²) in [5.74, 6) is 0.829. The van der Waals surface area contributed by atoms with E-state index in [2.05, 4.69) is 34.8 Å². The molecule has 0 heterocycles. The molecule has 0 fully saturated rings. The highest BCUT2D eigenvalue weighted by Crippen LogP contribution is 2.23. The van der Waals surface area contributed by atoms with Gasteiger partial charge >= 0.3 is 0 Å². The van der Waals surface area contributed by atoms with Gasteiger partial charge in [-0.1, -0.05) is 66.2 Å². The number of benzene rings is 4. The number of fused-ring (bicyclic) bond motifs is 1. The van der Waals surface area contributed by atoms with Gasteiger partial charge in [-0.25, -0.2) is 5.43 Å². The van der Waals surface area contributed by atoms with Crippen LogP contribution in [0.5, 0.6) is 11.5 Å². The Morgan fingerprint density at radius 3 is 2.47 bits per heavy atom. The third kappa shape index (κ3) is 5.65. The van der Waals surface area contributed by atoms with Crippen molar-refractivity contribution >= 4 is 34.5 Å². The third-order valence-corrected chi connectivity index (χ3v) is 5.06. The summed E-state index contributed by atoms with van der Waals surface area (Å²) in [6.07, 6.45) is 1.56. The van der Waals surface area contributed by atoms with E-state index in [1.54, 1.807) is 30.5 Å². The SMILES string of the molecule is O=C(COc1ccccc1Cl)N/N=C\c1ccc(OCc2cccc3ccccc23)cc1. The average molecular weight is 445 g/mol. The van der Waals surface area contributed by atoms with Crippen LogP contribution >= 0.6 is 11.6 Å². The van der Waals surface area contributed by atoms with Gasteiger partial charge in [-0.05, 0) is 58.3 Å². The monoisotopic (exact) mass is 444 g/mol. The van der Waals surface area contributed by atoms with Gasteiger partial charge in [-0.15, -0.1) is 0 Å². The van der Waals surface area contributed by atoms with Crippen molar-refractivity contribution in [3.8, 4) is 11.5 Å². The molecule has 0 aliphatic carbocycles. The molecule has 4 aromatic rings. The average Bonchev–Trinajstić information content (AvgIpc) is 2.83. The largest absolute Gasteiger partial charge is 0.489 e. The maximum absolute atomic E-state index is 11.9. The Morgan fingerprint density at radius 2 is 1.62 bits per heavy atom. The van der Waals surface area contributed by atoms with Crippen LogP contribution in [-0.2, 0) is 11.4 Å². The molecule has 0 saturated heterocycles. The van der Waals surface area contributed by atoms with Gasteiger partial charge in [0.15, 0.2) is 6.61 Å². The molecule has 0 unspecified atom stereocenters. The lowest BCUT2D eigenvalue weighted by molar-refractivity contribution is -0.123. The lowest BCUT2D eigenvalue weighted by Gasteiger charge is -2.09. The van der Waals surface area contributed by atoms with E-state index < -0.39 is 0 Å². The van der Waals surface area contributed by atoms with E-state index >= 15 is 0 Å². The number of hydrazone groups is 1. The molecule has 32 heavy (non-hydrogen) atoms. The summed E-state index contributed by atoms with van der Waals surface area (Å²) >= 11 is 5.99. The normalized spacial score (nSPS) is 10.9. The molecule has 0 radical (unpaired) electrons. The molecule has 1 N–H and O–H groups in total. The number of ether oxygens (including phenoxy) is 2. The number of para-hydroxylation sites is 1. The molecular weight excluding hydrogens is 424 g/mol. The summed E-state index contributed by atoms with van der Waals surface area (Å²) in [5.41, 5.74) is 4.39. The van der Waals surface area contributed by atoms with E-state index in [4.69, 9.17) is 21.1 Å². The zero-order valence-electron chi connectivity index (χ0n) is 17.2. The van der Waals surface area contributed by atoms with Crippen LogP contribution < -0.4 is 14.9 Å². The second kappa shape index (κ2) is 10.5. The Morgan fingerprint density at radius 1 is 0.875 bits per heavy atom. The zero-order valence-corrected chi connectivity index (χ0v) is 18.0. The summed E-state index contributed by atoms with van der Waals surface area (Å²) in [4.78, 5) is 11.9. The highest BCUT2D eigenvalue weighted by molar-refractivity contribution is 6.32. The van der Waals surface area contributed by atoms with Gasteiger partial charge in [0, 0.05) is 0 Å². The molecule has 0 bridgehead atoms. The summed E-state index contributed by atoms with van der Waals surface area (Å²) in [6, 6.07) is 28.9. The van der Waals surface area contributed by atoms with Crippen molar-refractivity contribution in [2.75, 3.05) is 6.61 Å². The predicted molar refractivity (Wildman–Crippen MR) is 127 cm³/mol. The standard InChI is InChI=1S/C26H21ClN2O3/c27-24-10-3-4-11-25(24)32-18-26(30)29-28-16-19-12-14-22(15-13-19)31-17-21-8-5-7-20-6-1-2-9-23(20)21/h1-16H,17-18H2,(H,29,30)/b28-16-. The highest BCUT2D eigenvalue weighted by atomic mass is 35.5. The molecule has 0 spiro atoms. The van der Waals surface area contributed by atoms with Crippen LogP contribution in [0, 0.1) is 0 Å². The first-order valence-electron chi connectivity index (χ1n) is 10.1. The molecule has 0 aromatic heterocycles. The van der Waals surface area contributed by atoms with Gasteiger partial charge in [-0.2, -0.15) is 5.10 Å². The second-order valence-corrected chi connectivity index (χ2v) is 7.42. The topological polar surface area (TPSA) is 59.9 Å². The lowest BCUT2D eigenvalue weighted by atomic mass is 10.1. The Balaban J connectivity index is 1.26. The van der Waals surface area contributed by atoms with Crippen LogP contribution in [0.25, 0.3) is 10.8 Å². The van der Waals surface area contributed by atoms with Crippen molar-refractivity contribution in [2.45, 2.75) is 6.61 Å². The minimum atomic E-state index is -0.379. The Labute approximate surface area is 191 Å². The third-order valence-electron chi connectivity index (χ3n) is 4.75. The molecule has 4 rings (SSSR count). The van der Waals surface area contributed by atoms with Gasteiger partial charge in [-0.3, -0.25) is 4.79 Å². The van der Waals surface area contributed by atoms with Crippen molar-refractivity contribution in [3.05, 3.63) is 107 Å². The minimum Gasteiger partial charge on any atom is -0.489 e. The number of hydrogen-bond donors (Lipinski definition) is 1. The van der Waals surface area contributed by atoms with E-state index in [1.165, 1.54) is 10.8 Å². The van der Waals surface area contributed by atoms with Crippen LogP contribution in [0.15, 0.2) is 96.1 Å². The number of nitrogens with zero attached hydrogens (tertiary/aromatic N) is 1. The van der Waals surface area contributed by atoms with Crippen molar-refractivity contribution in [1.82, 2.24) is 5.43 Å². The molecule has 0 atom stereocenters. The summed E-state index contributed by atoms with van der Waals surface area (Å²) < 4.78 is 11.3. The molecule has 0 aliphatic rings. The van der Waals surface area contributed by atoms with Gasteiger partial charge < -0.3 is 9.47 Å². The number of halogens is 1. The number of rotatable bonds is 8. The molecule has 4 aromatic carbocycles. The highest BCUT2D eigenvalue weighted by Gasteiger charge is 2.04. The first-order valence-corrected chi connectivity index (χ1v) is 10.5. The molecule has 1 amide bonds. The lowest BCUT2D eigenvalue weighted by Crippen LogP contribution is -2.24. The fourth-order valence-electron chi connectivity index (χ4n) is 3.15. The van der Waals surface area contributed by atoms with E-state index in [0.29, 0.717) is 17.4 Å². The first kappa shape index (κ1) is 21.4. The number of carbonyl (C=O) groups excluding carboxylic acids is 1. The zero-order chi connectivity index (χ0) is 22.2. The Hall–Kier alpha value is -3.83. The maximum Gasteiger partial charge on any atom is 0.277 e. The smallest absolute Gasteiger partial charge is 0.277 e. The van der Waals surface area contributed by atoms with Crippen molar-refractivity contribution < 1.29 is 14.3 Å². The van der Waals surface area contributed by atoms with E-state index in [0.717, 1.165) is 16.9 Å². The summed E-state index contributed by atoms with van der Waals surface area (Å²) in [7, 11) is 0. The Kier molecular flexibility index (Phi) is 7.00. The Bertz CT molecular complexity index is 1230. The van der Waals surface area contributed by atoms with Crippen molar-refractivity contribution in [1.29, 1.82) is 0 Å². The fraction of sp³-hybridized carbons (Fsp3) is 0.0769. The van der Waals surface area contributed by atoms with E-state index in [1.807, 2.05) is 42.5 Å². The van der Waals surface area contributed by atoms with Gasteiger partial charge in [0.1, 0.15) is 18.1 Å². The van der Waals surface area contributed by atoms with E-state index in [9.17, 15) is 4.79 Å². The van der Waals surface area contributed by atoms with Gasteiger partial charge in [0.25, 0.3) is 5.91 Å². The minimum absolute atomic E-state index is 0.179. The summed E-state index contributed by atoms with van der Waals surface area (Å²) in [5, 5.41) is 6.79. The van der Waals surface area contributed by atoms with Gasteiger partial charge in [0.05, 0.1) is 11.2 Å². The number of hydrogen-bond acceptors (Lipinski definition) is 4. The first-order chi connectivity index (χ1) is 15.7. The molecular formula is C26H21ClN2O3.